The molecule has 0 spiro atoms. The van der Waals surface area contributed by atoms with Gasteiger partial charge in [0.25, 0.3) is 0 Å². The second-order valence-electron chi connectivity index (χ2n) is 12.4. The molecule has 2 aliphatic rings. The topological polar surface area (TPSA) is 141 Å². The van der Waals surface area contributed by atoms with Crippen LogP contribution in [-0.2, 0) is 42.9 Å². The van der Waals surface area contributed by atoms with Crippen molar-refractivity contribution in [3.63, 3.8) is 0 Å². The van der Waals surface area contributed by atoms with Gasteiger partial charge in [0.05, 0.1) is 50.8 Å². The van der Waals surface area contributed by atoms with Gasteiger partial charge < -0.3 is 28.4 Å². The van der Waals surface area contributed by atoms with Crippen LogP contribution in [0.25, 0.3) is 0 Å². The lowest BCUT2D eigenvalue weighted by Gasteiger charge is -2.27. The number of hydrogen-bond acceptors (Lipinski definition) is 11. The molecule has 2 saturated carbocycles. The third kappa shape index (κ3) is 13.5. The molecule has 48 heavy (non-hydrogen) atoms. The van der Waals surface area contributed by atoms with E-state index < -0.39 is 11.9 Å². The standard InChI is InChI=1S/C37H50O11/c1-4-33(38)43-20-6-8-22-45-35(40)28-12-10-27(11-13-28)25-47-32-19-18-31(24-26(32)3)48-37(42)30-16-14-29(15-17-30)36(41)46-23-9-7-21-44-34(39)5-2/h4-5,18-19,24,27-30H,1-2,6-17,20-23,25H2,3H3. The van der Waals surface area contributed by atoms with Crippen molar-refractivity contribution in [3.8, 4) is 11.5 Å². The Morgan fingerprint density at radius 2 is 1.08 bits per heavy atom. The van der Waals surface area contributed by atoms with Crippen molar-refractivity contribution in [2.75, 3.05) is 33.0 Å². The molecule has 0 N–H and O–H groups in total. The molecule has 0 amide bonds. The van der Waals surface area contributed by atoms with Crippen molar-refractivity contribution in [2.45, 2.75) is 84.0 Å². The van der Waals surface area contributed by atoms with Gasteiger partial charge in [-0.15, -0.1) is 0 Å². The molecule has 11 nitrogen and oxygen atoms in total. The molecule has 0 heterocycles. The van der Waals surface area contributed by atoms with Crippen LogP contribution in [0.15, 0.2) is 43.5 Å². The molecule has 264 valence electrons. The average Bonchev–Trinajstić information content (AvgIpc) is 3.10. The second-order valence-corrected chi connectivity index (χ2v) is 12.4. The van der Waals surface area contributed by atoms with Gasteiger partial charge in [-0.05, 0) is 114 Å². The number of carbonyl (C=O) groups is 5. The van der Waals surface area contributed by atoms with Crippen LogP contribution in [-0.4, -0.2) is 62.9 Å². The number of ether oxygens (including phenoxy) is 6. The first-order chi connectivity index (χ1) is 23.2. The normalized spacial score (nSPS) is 20.4. The number of carbonyl (C=O) groups excluding carboxylic acids is 5. The van der Waals surface area contributed by atoms with Gasteiger partial charge in [0, 0.05) is 12.2 Å². The fourth-order valence-corrected chi connectivity index (χ4v) is 5.84. The smallest absolute Gasteiger partial charge is 0.330 e. The molecule has 0 radical (unpaired) electrons. The van der Waals surface area contributed by atoms with Crippen LogP contribution in [0.5, 0.6) is 11.5 Å². The van der Waals surface area contributed by atoms with E-state index in [1.54, 1.807) is 12.1 Å². The number of hydrogen-bond donors (Lipinski definition) is 0. The molecule has 11 heteroatoms. The molecule has 0 unspecified atom stereocenters. The Kier molecular flexibility index (Phi) is 16.7. The highest BCUT2D eigenvalue weighted by atomic mass is 16.6. The minimum Gasteiger partial charge on any atom is -0.493 e. The summed E-state index contributed by atoms with van der Waals surface area (Å²) in [5.41, 5.74) is 0.863. The summed E-state index contributed by atoms with van der Waals surface area (Å²) in [4.78, 5) is 59.8. The Labute approximate surface area is 283 Å². The highest BCUT2D eigenvalue weighted by molar-refractivity contribution is 5.81. The second kappa shape index (κ2) is 21.0. The summed E-state index contributed by atoms with van der Waals surface area (Å²) in [5, 5.41) is 0. The quantitative estimate of drug-likeness (QED) is 0.0563. The van der Waals surface area contributed by atoms with Crippen molar-refractivity contribution < 1.29 is 52.4 Å². The van der Waals surface area contributed by atoms with Gasteiger partial charge in [-0.3, -0.25) is 14.4 Å². The Bertz CT molecular complexity index is 1240. The highest BCUT2D eigenvalue weighted by Crippen LogP contribution is 2.33. The fraction of sp³-hybridized carbons (Fsp3) is 0.595. The first-order valence-electron chi connectivity index (χ1n) is 17.1. The minimum absolute atomic E-state index is 0.0994. The van der Waals surface area contributed by atoms with E-state index in [9.17, 15) is 24.0 Å². The van der Waals surface area contributed by atoms with Crippen LogP contribution in [0.4, 0.5) is 0 Å². The molecule has 0 aromatic heterocycles. The lowest BCUT2D eigenvalue weighted by atomic mass is 9.82. The maximum atomic E-state index is 12.9. The van der Waals surface area contributed by atoms with Gasteiger partial charge >= 0.3 is 29.8 Å². The Hall–Kier alpha value is -4.15. The van der Waals surface area contributed by atoms with Crippen molar-refractivity contribution in [2.24, 2.45) is 23.7 Å². The molecular weight excluding hydrogens is 620 g/mol. The van der Waals surface area contributed by atoms with Gasteiger partial charge in [-0.1, -0.05) is 13.2 Å². The van der Waals surface area contributed by atoms with Crippen molar-refractivity contribution in [1.82, 2.24) is 0 Å². The van der Waals surface area contributed by atoms with Crippen LogP contribution in [0, 0.1) is 30.6 Å². The number of unbranched alkanes of at least 4 members (excludes halogenated alkanes) is 2. The summed E-state index contributed by atoms with van der Waals surface area (Å²) < 4.78 is 32.4. The molecule has 1 aromatic carbocycles. The van der Waals surface area contributed by atoms with Crippen LogP contribution in [0.3, 0.4) is 0 Å². The van der Waals surface area contributed by atoms with Gasteiger partial charge in [-0.25, -0.2) is 9.59 Å². The van der Waals surface area contributed by atoms with E-state index in [1.165, 1.54) is 0 Å². The molecule has 0 saturated heterocycles. The molecule has 1 aromatic rings. The zero-order valence-corrected chi connectivity index (χ0v) is 28.1. The molecule has 0 aliphatic heterocycles. The summed E-state index contributed by atoms with van der Waals surface area (Å²) >= 11 is 0. The number of aryl methyl sites for hydroxylation is 1. The van der Waals surface area contributed by atoms with Crippen LogP contribution in [0.1, 0.15) is 82.6 Å². The fourth-order valence-electron chi connectivity index (χ4n) is 5.84. The minimum atomic E-state index is -0.468. The van der Waals surface area contributed by atoms with Gasteiger partial charge in [0.15, 0.2) is 0 Å². The van der Waals surface area contributed by atoms with Crippen LogP contribution >= 0.6 is 0 Å². The largest absolute Gasteiger partial charge is 0.493 e. The zero-order valence-electron chi connectivity index (χ0n) is 28.1. The molecule has 2 fully saturated rings. The van der Waals surface area contributed by atoms with E-state index in [4.69, 9.17) is 28.4 Å². The average molecular weight is 671 g/mol. The van der Waals surface area contributed by atoms with E-state index in [0.29, 0.717) is 76.2 Å². The molecule has 2 aliphatic carbocycles. The molecule has 3 rings (SSSR count). The Morgan fingerprint density at radius 3 is 1.54 bits per heavy atom. The summed E-state index contributed by atoms with van der Waals surface area (Å²) in [7, 11) is 0. The molecule has 0 atom stereocenters. The first-order valence-corrected chi connectivity index (χ1v) is 17.1. The number of esters is 5. The third-order valence-corrected chi connectivity index (χ3v) is 8.80. The Morgan fingerprint density at radius 1 is 0.646 bits per heavy atom. The van der Waals surface area contributed by atoms with Gasteiger partial charge in [-0.2, -0.15) is 0 Å². The zero-order chi connectivity index (χ0) is 34.7. The summed E-state index contributed by atoms with van der Waals surface area (Å²) in [6.07, 6.45) is 10.2. The van der Waals surface area contributed by atoms with Crippen LogP contribution < -0.4 is 9.47 Å². The third-order valence-electron chi connectivity index (χ3n) is 8.80. The maximum absolute atomic E-state index is 12.9. The Balaban J connectivity index is 1.28. The van der Waals surface area contributed by atoms with E-state index in [1.807, 2.05) is 13.0 Å². The lowest BCUT2D eigenvalue weighted by Crippen LogP contribution is -2.29. The van der Waals surface area contributed by atoms with E-state index in [2.05, 4.69) is 13.2 Å². The highest BCUT2D eigenvalue weighted by Gasteiger charge is 2.32. The molecular formula is C37H50O11. The van der Waals surface area contributed by atoms with Gasteiger partial charge in [0.1, 0.15) is 11.5 Å². The van der Waals surface area contributed by atoms with Crippen molar-refractivity contribution in [1.29, 1.82) is 0 Å². The van der Waals surface area contributed by atoms with Gasteiger partial charge in [0.2, 0.25) is 0 Å². The first kappa shape index (κ1) is 38.3. The SMILES string of the molecule is C=CC(=O)OCCCCOC(=O)C1CCC(COc2ccc(OC(=O)C3CCC(C(=O)OCCCCOC(=O)C=C)CC3)cc2C)CC1. The van der Waals surface area contributed by atoms with Crippen molar-refractivity contribution in [3.05, 3.63) is 49.1 Å². The van der Waals surface area contributed by atoms with Crippen LogP contribution in [0.2, 0.25) is 0 Å². The summed E-state index contributed by atoms with van der Waals surface area (Å²) in [6, 6.07) is 5.35. The number of rotatable bonds is 19. The predicted octanol–water partition coefficient (Wildman–Crippen LogP) is 6.00. The summed E-state index contributed by atoms with van der Waals surface area (Å²) in [5.74, 6) is -0.704. The summed E-state index contributed by atoms with van der Waals surface area (Å²) in [6.45, 7) is 10.3. The lowest BCUT2D eigenvalue weighted by molar-refractivity contribution is -0.152. The number of benzene rings is 1. The van der Waals surface area contributed by atoms with Crippen molar-refractivity contribution >= 4 is 29.8 Å². The van der Waals surface area contributed by atoms with E-state index in [-0.39, 0.29) is 55.5 Å². The predicted molar refractivity (Wildman–Crippen MR) is 176 cm³/mol. The van der Waals surface area contributed by atoms with E-state index in [0.717, 1.165) is 49.1 Å². The molecule has 0 bridgehead atoms. The van der Waals surface area contributed by atoms with E-state index >= 15 is 0 Å². The monoisotopic (exact) mass is 670 g/mol. The maximum Gasteiger partial charge on any atom is 0.330 e.